The van der Waals surface area contributed by atoms with E-state index in [1.165, 1.54) is 5.56 Å². The summed E-state index contributed by atoms with van der Waals surface area (Å²) in [4.78, 5) is 18.1. The highest BCUT2D eigenvalue weighted by Gasteiger charge is 2.32. The second-order valence-corrected chi connectivity index (χ2v) is 8.28. The van der Waals surface area contributed by atoms with Crippen molar-refractivity contribution in [2.75, 3.05) is 13.2 Å². The smallest absolute Gasteiger partial charge is 0.199 e. The van der Waals surface area contributed by atoms with Crippen molar-refractivity contribution >= 4 is 28.0 Å². The topological polar surface area (TPSA) is 48.4 Å². The Kier molecular flexibility index (Phi) is 5.95. The summed E-state index contributed by atoms with van der Waals surface area (Å²) in [7, 11) is 0. The predicted molar refractivity (Wildman–Crippen MR) is 129 cm³/mol. The molecule has 2 aromatic carbocycles. The van der Waals surface area contributed by atoms with Gasteiger partial charge in [-0.1, -0.05) is 63.4 Å². The molecule has 0 radical (unpaired) electrons. The molecule has 4 heteroatoms. The fraction of sp³-hybridized carbons (Fsp3) is 0.214. The van der Waals surface area contributed by atoms with Gasteiger partial charge in [0.1, 0.15) is 24.7 Å². The van der Waals surface area contributed by atoms with Crippen LogP contribution in [0.1, 0.15) is 53.9 Å². The monoisotopic (exact) mass is 425 g/mol. The molecule has 0 aliphatic heterocycles. The van der Waals surface area contributed by atoms with Gasteiger partial charge in [-0.2, -0.15) is 0 Å². The van der Waals surface area contributed by atoms with Gasteiger partial charge in [0.2, 0.25) is 0 Å². The Hall–Kier alpha value is -3.66. The maximum atomic E-state index is 13.3. The average molecular weight is 426 g/mol. The molecule has 0 spiro atoms. The van der Waals surface area contributed by atoms with Crippen LogP contribution in [0.15, 0.2) is 79.1 Å². The highest BCUT2D eigenvalue weighted by atomic mass is 16.5. The molecule has 1 heterocycles. The maximum absolute atomic E-state index is 13.3. The Bertz CT molecular complexity index is 1270. The van der Waals surface area contributed by atoms with Gasteiger partial charge in [-0.3, -0.25) is 4.79 Å². The van der Waals surface area contributed by atoms with Crippen LogP contribution in [-0.4, -0.2) is 24.0 Å². The van der Waals surface area contributed by atoms with E-state index in [0.29, 0.717) is 40.9 Å². The third kappa shape index (κ3) is 4.09. The number of fused-ring (bicyclic) bond motifs is 2. The first-order valence-corrected chi connectivity index (χ1v) is 10.8. The first-order valence-electron chi connectivity index (χ1n) is 10.8. The van der Waals surface area contributed by atoms with Gasteiger partial charge in [0.15, 0.2) is 5.78 Å². The molecule has 0 atom stereocenters. The zero-order valence-electron chi connectivity index (χ0n) is 18.8. The van der Waals surface area contributed by atoms with E-state index in [9.17, 15) is 4.79 Å². The molecule has 32 heavy (non-hydrogen) atoms. The van der Waals surface area contributed by atoms with Gasteiger partial charge in [0.25, 0.3) is 0 Å². The van der Waals surface area contributed by atoms with E-state index in [1.54, 1.807) is 0 Å². The van der Waals surface area contributed by atoms with Crippen molar-refractivity contribution in [1.82, 2.24) is 4.98 Å². The summed E-state index contributed by atoms with van der Waals surface area (Å²) >= 11 is 0. The Balaban J connectivity index is 1.69. The van der Waals surface area contributed by atoms with Crippen LogP contribution in [-0.2, 0) is 9.47 Å². The summed E-state index contributed by atoms with van der Waals surface area (Å²) in [5.74, 6) is 1.44. The number of carbonyl (C=O) groups is 1. The Morgan fingerprint density at radius 3 is 2.47 bits per heavy atom. The molecular formula is C28H27NO3. The SMILES string of the molecule is C=C(C)C(=C)OCCOC1=C(c2ccc3cc(C(C)C)ccc3n2)C(=O)c2ccccc21. The fourth-order valence-corrected chi connectivity index (χ4v) is 3.71. The molecular weight excluding hydrogens is 398 g/mol. The minimum absolute atomic E-state index is 0.0754. The van der Waals surface area contributed by atoms with Crippen molar-refractivity contribution in [3.63, 3.8) is 0 Å². The third-order valence-electron chi connectivity index (χ3n) is 5.59. The molecule has 0 fully saturated rings. The molecule has 0 amide bonds. The number of nitrogens with zero attached hydrogens (tertiary/aromatic N) is 1. The number of rotatable bonds is 8. The van der Waals surface area contributed by atoms with E-state index in [-0.39, 0.29) is 12.4 Å². The van der Waals surface area contributed by atoms with E-state index in [4.69, 9.17) is 14.5 Å². The lowest BCUT2D eigenvalue weighted by atomic mass is 10.00. The van der Waals surface area contributed by atoms with E-state index in [0.717, 1.165) is 22.0 Å². The molecule has 4 rings (SSSR count). The van der Waals surface area contributed by atoms with Gasteiger partial charge in [0.05, 0.1) is 16.8 Å². The number of hydrogen-bond acceptors (Lipinski definition) is 4. The van der Waals surface area contributed by atoms with Crippen molar-refractivity contribution in [2.45, 2.75) is 26.7 Å². The number of pyridine rings is 1. The van der Waals surface area contributed by atoms with Crippen molar-refractivity contribution in [3.8, 4) is 0 Å². The summed E-state index contributed by atoms with van der Waals surface area (Å²) in [6.07, 6.45) is 0. The second-order valence-electron chi connectivity index (χ2n) is 8.28. The predicted octanol–water partition coefficient (Wildman–Crippen LogP) is 6.55. The average Bonchev–Trinajstić information content (AvgIpc) is 3.07. The van der Waals surface area contributed by atoms with Crippen LogP contribution in [0.3, 0.4) is 0 Å². The molecule has 1 aliphatic rings. The van der Waals surface area contributed by atoms with Gasteiger partial charge in [-0.25, -0.2) is 4.98 Å². The number of hydrogen-bond donors (Lipinski definition) is 0. The molecule has 0 saturated heterocycles. The van der Waals surface area contributed by atoms with Gasteiger partial charge >= 0.3 is 0 Å². The van der Waals surface area contributed by atoms with E-state index in [1.807, 2.05) is 49.4 Å². The van der Waals surface area contributed by atoms with E-state index >= 15 is 0 Å². The minimum atomic E-state index is -0.0754. The summed E-state index contributed by atoms with van der Waals surface area (Å²) in [6, 6.07) is 17.7. The third-order valence-corrected chi connectivity index (χ3v) is 5.59. The molecule has 1 aliphatic carbocycles. The highest BCUT2D eigenvalue weighted by Crippen LogP contribution is 2.38. The largest absolute Gasteiger partial charge is 0.490 e. The number of carbonyl (C=O) groups excluding carboxylic acids is 1. The van der Waals surface area contributed by atoms with E-state index in [2.05, 4.69) is 39.1 Å². The van der Waals surface area contributed by atoms with Gasteiger partial charge < -0.3 is 9.47 Å². The van der Waals surface area contributed by atoms with Gasteiger partial charge in [-0.05, 0) is 42.2 Å². The quantitative estimate of drug-likeness (QED) is 0.233. The zero-order valence-corrected chi connectivity index (χ0v) is 18.8. The summed E-state index contributed by atoms with van der Waals surface area (Å²) in [5.41, 5.74) is 5.38. The number of ether oxygens (including phenoxy) is 2. The Morgan fingerprint density at radius 2 is 1.75 bits per heavy atom. The lowest BCUT2D eigenvalue weighted by Crippen LogP contribution is -2.05. The van der Waals surface area contributed by atoms with E-state index < -0.39 is 0 Å². The second kappa shape index (κ2) is 8.83. The molecule has 0 bridgehead atoms. The lowest BCUT2D eigenvalue weighted by molar-refractivity contribution is 0.105. The van der Waals surface area contributed by atoms with Gasteiger partial charge in [-0.15, -0.1) is 0 Å². The number of Topliss-reactive ketones (excluding diaryl/α,β-unsaturated/α-hetero) is 1. The molecule has 0 unspecified atom stereocenters. The van der Waals surface area contributed by atoms with Crippen LogP contribution in [0.5, 0.6) is 0 Å². The normalized spacial score (nSPS) is 12.9. The Morgan fingerprint density at radius 1 is 1.00 bits per heavy atom. The van der Waals surface area contributed by atoms with Crippen LogP contribution in [0.2, 0.25) is 0 Å². The molecule has 1 aromatic heterocycles. The first kappa shape index (κ1) is 21.6. The number of aromatic nitrogens is 1. The van der Waals surface area contributed by atoms with Crippen LogP contribution in [0, 0.1) is 0 Å². The number of benzene rings is 2. The van der Waals surface area contributed by atoms with Crippen molar-refractivity contribution < 1.29 is 14.3 Å². The number of allylic oxidation sites excluding steroid dienone is 2. The van der Waals surface area contributed by atoms with Crippen LogP contribution in [0.25, 0.3) is 22.2 Å². The molecule has 4 nitrogen and oxygen atoms in total. The number of ketones is 1. The van der Waals surface area contributed by atoms with Crippen molar-refractivity contribution in [3.05, 3.63) is 101 Å². The summed E-state index contributed by atoms with van der Waals surface area (Å²) < 4.78 is 11.6. The lowest BCUT2D eigenvalue weighted by Gasteiger charge is -2.13. The van der Waals surface area contributed by atoms with Crippen LogP contribution < -0.4 is 0 Å². The molecule has 162 valence electrons. The maximum Gasteiger partial charge on any atom is 0.199 e. The van der Waals surface area contributed by atoms with Crippen LogP contribution >= 0.6 is 0 Å². The fourth-order valence-electron chi connectivity index (χ4n) is 3.71. The molecule has 0 saturated carbocycles. The standard InChI is InChI=1S/C28H27NO3/c1-17(2)19(5)31-14-15-32-28-23-9-7-6-8-22(23)27(30)26(28)25-13-11-21-16-20(18(3)4)10-12-24(21)29-25/h6-13,16,18H,1,5,14-15H2,2-4H3. The van der Waals surface area contributed by atoms with Gasteiger partial charge in [0, 0.05) is 16.5 Å². The molecule has 0 N–H and O–H groups in total. The summed E-state index contributed by atoms with van der Waals surface area (Å²) in [6.45, 7) is 14.4. The molecule has 3 aromatic rings. The summed E-state index contributed by atoms with van der Waals surface area (Å²) in [5, 5.41) is 1.05. The Labute approximate surface area is 188 Å². The highest BCUT2D eigenvalue weighted by molar-refractivity contribution is 6.38. The van der Waals surface area contributed by atoms with Crippen molar-refractivity contribution in [2.24, 2.45) is 0 Å². The van der Waals surface area contributed by atoms with Crippen LogP contribution in [0.4, 0.5) is 0 Å². The zero-order chi connectivity index (χ0) is 22.8. The first-order chi connectivity index (χ1) is 15.4. The van der Waals surface area contributed by atoms with Crippen molar-refractivity contribution in [1.29, 1.82) is 0 Å². The minimum Gasteiger partial charge on any atom is -0.490 e.